The van der Waals surface area contributed by atoms with Crippen LogP contribution in [0.4, 0.5) is 0 Å². The van der Waals surface area contributed by atoms with Gasteiger partial charge < -0.3 is 5.73 Å². The van der Waals surface area contributed by atoms with Gasteiger partial charge in [-0.1, -0.05) is 13.3 Å². The van der Waals surface area contributed by atoms with Gasteiger partial charge in [0.1, 0.15) is 9.84 Å². The predicted molar refractivity (Wildman–Crippen MR) is 74.2 cm³/mol. The number of rotatable bonds is 2. The Hall–Kier alpha value is -0.130. The molecule has 1 heterocycles. The second kappa shape index (κ2) is 5.47. The second-order valence-corrected chi connectivity index (χ2v) is 8.65. The minimum absolute atomic E-state index is 0.135. The van der Waals surface area contributed by atoms with Crippen molar-refractivity contribution in [2.24, 2.45) is 11.7 Å². The molecule has 0 aromatic carbocycles. The third-order valence-corrected chi connectivity index (χ3v) is 6.08. The molecule has 106 valence electrons. The number of piperidine rings is 1. The Kier molecular flexibility index (Phi) is 4.34. The van der Waals surface area contributed by atoms with E-state index in [-0.39, 0.29) is 11.3 Å². The Morgan fingerprint density at radius 3 is 2.50 bits per heavy atom. The van der Waals surface area contributed by atoms with Gasteiger partial charge in [-0.3, -0.25) is 4.90 Å². The lowest BCUT2D eigenvalue weighted by atomic mass is 9.89. The van der Waals surface area contributed by atoms with Crippen molar-refractivity contribution in [3.63, 3.8) is 0 Å². The van der Waals surface area contributed by atoms with E-state index in [2.05, 4.69) is 11.8 Å². The second-order valence-electron chi connectivity index (χ2n) is 6.33. The average Bonchev–Trinajstić information content (AvgIpc) is 2.27. The van der Waals surface area contributed by atoms with Gasteiger partial charge in [-0.15, -0.1) is 0 Å². The van der Waals surface area contributed by atoms with Crippen LogP contribution < -0.4 is 5.73 Å². The van der Waals surface area contributed by atoms with E-state index in [9.17, 15) is 8.42 Å². The fourth-order valence-electron chi connectivity index (χ4n) is 3.58. The lowest BCUT2D eigenvalue weighted by Crippen LogP contribution is -2.52. The molecule has 18 heavy (non-hydrogen) atoms. The Morgan fingerprint density at radius 1 is 1.17 bits per heavy atom. The van der Waals surface area contributed by atoms with Crippen LogP contribution in [-0.4, -0.2) is 50.0 Å². The maximum absolute atomic E-state index is 11.7. The summed E-state index contributed by atoms with van der Waals surface area (Å²) in [4.78, 5) is 2.44. The Labute approximate surface area is 111 Å². The molecular weight excluding hydrogens is 248 g/mol. The van der Waals surface area contributed by atoms with Crippen LogP contribution in [0.3, 0.4) is 0 Å². The van der Waals surface area contributed by atoms with E-state index in [1.807, 2.05) is 0 Å². The molecule has 1 aliphatic carbocycles. The van der Waals surface area contributed by atoms with Crippen LogP contribution in [0.5, 0.6) is 0 Å². The molecular formula is C13H26N2O2S. The zero-order valence-corrected chi connectivity index (χ0v) is 12.3. The van der Waals surface area contributed by atoms with Gasteiger partial charge in [-0.2, -0.15) is 0 Å². The first kappa shape index (κ1) is 14.3. The van der Waals surface area contributed by atoms with Gasteiger partial charge in [0.2, 0.25) is 0 Å². The zero-order chi connectivity index (χ0) is 13.3. The fraction of sp³-hybridized carbons (Fsp3) is 1.00. The summed E-state index contributed by atoms with van der Waals surface area (Å²) in [6.07, 6.45) is 6.28. The summed E-state index contributed by atoms with van der Waals surface area (Å²) in [5.74, 6) is 0.632. The summed E-state index contributed by atoms with van der Waals surface area (Å²) in [7, 11) is -2.88. The van der Waals surface area contributed by atoms with E-state index in [1.54, 1.807) is 0 Å². The summed E-state index contributed by atoms with van der Waals surface area (Å²) in [6.45, 7) is 4.25. The first-order chi connectivity index (χ1) is 8.36. The van der Waals surface area contributed by atoms with Crippen LogP contribution in [0.15, 0.2) is 0 Å². The van der Waals surface area contributed by atoms with Crippen molar-refractivity contribution in [1.82, 2.24) is 4.90 Å². The van der Waals surface area contributed by atoms with Crippen molar-refractivity contribution in [3.8, 4) is 0 Å². The minimum atomic E-state index is -2.88. The van der Waals surface area contributed by atoms with E-state index in [4.69, 9.17) is 5.73 Å². The molecule has 2 aliphatic rings. The van der Waals surface area contributed by atoms with Crippen molar-refractivity contribution in [2.45, 2.75) is 56.4 Å². The SMILES string of the molecule is CC1CC(N)CN(C2CCCC(S(C)(=O)=O)C2)C1. The van der Waals surface area contributed by atoms with Crippen molar-refractivity contribution in [1.29, 1.82) is 0 Å². The van der Waals surface area contributed by atoms with Crippen molar-refractivity contribution in [3.05, 3.63) is 0 Å². The summed E-state index contributed by atoms with van der Waals surface area (Å²) >= 11 is 0. The van der Waals surface area contributed by atoms with Gasteiger partial charge in [-0.25, -0.2) is 8.42 Å². The molecule has 1 saturated heterocycles. The lowest BCUT2D eigenvalue weighted by Gasteiger charge is -2.42. The largest absolute Gasteiger partial charge is 0.327 e. The van der Waals surface area contributed by atoms with E-state index >= 15 is 0 Å². The van der Waals surface area contributed by atoms with E-state index in [1.165, 1.54) is 6.26 Å². The number of nitrogens with two attached hydrogens (primary N) is 1. The highest BCUT2D eigenvalue weighted by Crippen LogP contribution is 2.29. The lowest BCUT2D eigenvalue weighted by molar-refractivity contribution is 0.0934. The quantitative estimate of drug-likeness (QED) is 0.816. The third-order valence-electron chi connectivity index (χ3n) is 4.44. The fourth-order valence-corrected chi connectivity index (χ4v) is 4.75. The third kappa shape index (κ3) is 3.45. The van der Waals surface area contributed by atoms with Crippen LogP contribution in [0.25, 0.3) is 0 Å². The number of nitrogens with zero attached hydrogens (tertiary/aromatic N) is 1. The van der Waals surface area contributed by atoms with Gasteiger partial charge in [0.05, 0.1) is 5.25 Å². The molecule has 1 aliphatic heterocycles. The van der Waals surface area contributed by atoms with Crippen molar-refractivity contribution < 1.29 is 8.42 Å². The topological polar surface area (TPSA) is 63.4 Å². The van der Waals surface area contributed by atoms with Gasteiger partial charge in [0.25, 0.3) is 0 Å². The van der Waals surface area contributed by atoms with Crippen LogP contribution in [0.1, 0.15) is 39.0 Å². The van der Waals surface area contributed by atoms with Crippen LogP contribution in [0.2, 0.25) is 0 Å². The highest BCUT2D eigenvalue weighted by Gasteiger charge is 2.34. The van der Waals surface area contributed by atoms with E-state index in [0.29, 0.717) is 12.0 Å². The summed E-state index contributed by atoms with van der Waals surface area (Å²) in [5.41, 5.74) is 6.08. The summed E-state index contributed by atoms with van der Waals surface area (Å²) < 4.78 is 23.4. The molecule has 4 unspecified atom stereocenters. The van der Waals surface area contributed by atoms with Gasteiger partial charge in [0.15, 0.2) is 0 Å². The molecule has 0 amide bonds. The molecule has 0 aromatic rings. The average molecular weight is 274 g/mol. The molecule has 2 fully saturated rings. The van der Waals surface area contributed by atoms with E-state index in [0.717, 1.165) is 45.2 Å². The van der Waals surface area contributed by atoms with Gasteiger partial charge >= 0.3 is 0 Å². The number of hydrogen-bond donors (Lipinski definition) is 1. The summed E-state index contributed by atoms with van der Waals surface area (Å²) in [6, 6.07) is 0.680. The minimum Gasteiger partial charge on any atom is -0.327 e. The Morgan fingerprint density at radius 2 is 1.89 bits per heavy atom. The number of likely N-dealkylation sites (tertiary alicyclic amines) is 1. The Balaban J connectivity index is 2.00. The standard InChI is InChI=1S/C13H26N2O2S/c1-10-6-11(14)9-15(8-10)12-4-3-5-13(7-12)18(2,16)17/h10-13H,3-9,14H2,1-2H3. The first-order valence-electron chi connectivity index (χ1n) is 7.04. The molecule has 1 saturated carbocycles. The van der Waals surface area contributed by atoms with Gasteiger partial charge in [-0.05, 0) is 31.6 Å². The number of hydrogen-bond acceptors (Lipinski definition) is 4. The molecule has 0 bridgehead atoms. The van der Waals surface area contributed by atoms with Gasteiger partial charge in [0, 0.05) is 31.4 Å². The van der Waals surface area contributed by atoms with Crippen LogP contribution >= 0.6 is 0 Å². The maximum atomic E-state index is 11.7. The molecule has 2 N–H and O–H groups in total. The molecule has 0 radical (unpaired) electrons. The molecule has 4 atom stereocenters. The zero-order valence-electron chi connectivity index (χ0n) is 11.5. The van der Waals surface area contributed by atoms with Crippen molar-refractivity contribution in [2.75, 3.05) is 19.3 Å². The highest BCUT2D eigenvalue weighted by atomic mass is 32.2. The van der Waals surface area contributed by atoms with E-state index < -0.39 is 9.84 Å². The highest BCUT2D eigenvalue weighted by molar-refractivity contribution is 7.91. The molecule has 4 nitrogen and oxygen atoms in total. The molecule has 5 heteroatoms. The summed E-state index contributed by atoms with van der Waals surface area (Å²) in [5, 5.41) is -0.135. The monoisotopic (exact) mass is 274 g/mol. The predicted octanol–water partition coefficient (Wildman–Crippen LogP) is 1.01. The first-order valence-corrected chi connectivity index (χ1v) is 9.00. The molecule has 0 spiro atoms. The molecule has 2 rings (SSSR count). The maximum Gasteiger partial charge on any atom is 0.150 e. The van der Waals surface area contributed by atoms with Crippen LogP contribution in [0, 0.1) is 5.92 Å². The Bertz CT molecular complexity index is 372. The van der Waals surface area contributed by atoms with Crippen molar-refractivity contribution >= 4 is 9.84 Å². The normalized spacial score (nSPS) is 39.7. The smallest absolute Gasteiger partial charge is 0.150 e. The molecule has 0 aromatic heterocycles. The van der Waals surface area contributed by atoms with Crippen LogP contribution in [-0.2, 0) is 9.84 Å². The number of sulfone groups is 1.